The van der Waals surface area contributed by atoms with E-state index in [0.717, 1.165) is 12.8 Å². The number of rotatable bonds is 3. The predicted octanol–water partition coefficient (Wildman–Crippen LogP) is 4.06. The molecular weight excluding hydrogens is 308 g/mol. The molecule has 1 heterocycles. The van der Waals surface area contributed by atoms with E-state index < -0.39 is 5.60 Å². The Kier molecular flexibility index (Phi) is 5.63. The zero-order chi connectivity index (χ0) is 17.0. The molecule has 0 aromatic heterocycles. The lowest BCUT2D eigenvalue weighted by Crippen LogP contribution is -2.47. The van der Waals surface area contributed by atoms with Gasteiger partial charge >= 0.3 is 6.09 Å². The summed E-state index contributed by atoms with van der Waals surface area (Å²) in [7, 11) is 0. The fourth-order valence-corrected chi connectivity index (χ4v) is 3.13. The summed E-state index contributed by atoms with van der Waals surface area (Å²) in [4.78, 5) is 14.8. The quantitative estimate of drug-likeness (QED) is 0.846. The van der Waals surface area contributed by atoms with E-state index in [1.807, 2.05) is 39.0 Å². The van der Waals surface area contributed by atoms with Crippen molar-refractivity contribution in [2.75, 3.05) is 6.54 Å². The molecule has 4 nitrogen and oxygen atoms in total. The van der Waals surface area contributed by atoms with Gasteiger partial charge in [0.05, 0.1) is 11.0 Å². The molecule has 2 rings (SSSR count). The van der Waals surface area contributed by atoms with Crippen LogP contribution in [0, 0.1) is 0 Å². The Hall–Kier alpha value is -1.62. The van der Waals surface area contributed by atoms with Crippen molar-refractivity contribution in [2.45, 2.75) is 58.2 Å². The van der Waals surface area contributed by atoms with Crippen LogP contribution < -0.4 is 5.32 Å². The molecule has 5 heteroatoms. The fraction of sp³-hybridized carbons (Fsp3) is 0.556. The first-order valence-corrected chi connectivity index (χ1v) is 8.54. The van der Waals surface area contributed by atoms with Gasteiger partial charge in [-0.25, -0.2) is 4.79 Å². The maximum absolute atomic E-state index is 12.3. The molecule has 1 saturated heterocycles. The van der Waals surface area contributed by atoms with Gasteiger partial charge in [-0.15, -0.1) is 0 Å². The molecule has 1 aliphatic heterocycles. The van der Waals surface area contributed by atoms with Crippen LogP contribution in [-0.4, -0.2) is 34.2 Å². The maximum Gasteiger partial charge on any atom is 0.410 e. The van der Waals surface area contributed by atoms with Crippen molar-refractivity contribution in [1.82, 2.24) is 10.2 Å². The van der Waals surface area contributed by atoms with Gasteiger partial charge in [-0.2, -0.15) is 0 Å². The number of hydrogen-bond donors (Lipinski definition) is 1. The molecule has 0 unspecified atom stereocenters. The minimum absolute atomic E-state index is 0.0778. The van der Waals surface area contributed by atoms with Crippen molar-refractivity contribution in [3.8, 4) is 0 Å². The lowest BCUT2D eigenvalue weighted by atomic mass is 10.1. The van der Waals surface area contributed by atoms with Crippen molar-refractivity contribution >= 4 is 23.3 Å². The number of thiocarbonyl (C=S) groups is 1. The van der Waals surface area contributed by atoms with Gasteiger partial charge in [0.15, 0.2) is 0 Å². The summed E-state index contributed by atoms with van der Waals surface area (Å²) in [5, 5.41) is 3.37. The van der Waals surface area contributed by atoms with Gasteiger partial charge in [-0.05, 0) is 46.1 Å². The average Bonchev–Trinajstić information content (AvgIpc) is 2.96. The van der Waals surface area contributed by atoms with Gasteiger partial charge < -0.3 is 10.1 Å². The molecule has 2 atom stereocenters. The standard InChI is InChI=1S/C18H26N2O2S/c1-13(14-9-6-5-7-10-14)19-16(23)15-11-8-12-20(15)17(21)22-18(2,3)4/h5-7,9-10,13,15H,8,11-12H2,1-4H3,(H,19,23)/t13-,15+/m1/s1. The van der Waals surface area contributed by atoms with Gasteiger partial charge in [0.2, 0.25) is 0 Å². The van der Waals surface area contributed by atoms with Gasteiger partial charge in [0.1, 0.15) is 5.60 Å². The normalized spacial score (nSPS) is 19.3. The number of ether oxygens (including phenoxy) is 1. The Bertz CT molecular complexity index is 554. The summed E-state index contributed by atoms with van der Waals surface area (Å²) < 4.78 is 5.49. The molecule has 23 heavy (non-hydrogen) atoms. The van der Waals surface area contributed by atoms with E-state index in [9.17, 15) is 4.79 Å². The van der Waals surface area contributed by atoms with Crippen LogP contribution in [0.15, 0.2) is 30.3 Å². The molecule has 1 aromatic rings. The smallest absolute Gasteiger partial charge is 0.410 e. The number of carbonyl (C=O) groups excluding carboxylic acids is 1. The number of hydrogen-bond acceptors (Lipinski definition) is 3. The van der Waals surface area contributed by atoms with Crippen molar-refractivity contribution in [2.24, 2.45) is 0 Å². The molecule has 1 aliphatic rings. The van der Waals surface area contributed by atoms with Crippen molar-refractivity contribution in [1.29, 1.82) is 0 Å². The maximum atomic E-state index is 12.3. The van der Waals surface area contributed by atoms with Crippen LogP contribution in [0.25, 0.3) is 0 Å². The molecule has 0 saturated carbocycles. The number of nitrogens with one attached hydrogen (secondary N) is 1. The predicted molar refractivity (Wildman–Crippen MR) is 96.6 cm³/mol. The summed E-state index contributed by atoms with van der Waals surface area (Å²) in [5.74, 6) is 0. The van der Waals surface area contributed by atoms with E-state index in [1.54, 1.807) is 4.90 Å². The van der Waals surface area contributed by atoms with E-state index in [4.69, 9.17) is 17.0 Å². The monoisotopic (exact) mass is 334 g/mol. The summed E-state index contributed by atoms with van der Waals surface area (Å²) in [6.45, 7) is 8.41. The number of carbonyl (C=O) groups is 1. The Balaban J connectivity index is 1.99. The van der Waals surface area contributed by atoms with Crippen LogP contribution in [0.5, 0.6) is 0 Å². The minimum Gasteiger partial charge on any atom is -0.444 e. The SMILES string of the molecule is C[C@@H](NC(=S)[C@@H]1CCCN1C(=O)OC(C)(C)C)c1ccccc1. The molecule has 126 valence electrons. The topological polar surface area (TPSA) is 41.6 Å². The number of nitrogens with zero attached hydrogens (tertiary/aromatic N) is 1. The molecule has 0 aliphatic carbocycles. The number of benzene rings is 1. The second-order valence-electron chi connectivity index (χ2n) is 6.97. The third kappa shape index (κ3) is 4.93. The first kappa shape index (κ1) is 17.7. The summed E-state index contributed by atoms with van der Waals surface area (Å²) in [5.41, 5.74) is 0.688. The van der Waals surface area contributed by atoms with Crippen LogP contribution in [-0.2, 0) is 4.74 Å². The van der Waals surface area contributed by atoms with E-state index in [0.29, 0.717) is 11.5 Å². The summed E-state index contributed by atoms with van der Waals surface area (Å²) >= 11 is 5.57. The Labute approximate surface area is 144 Å². The second kappa shape index (κ2) is 7.30. The largest absolute Gasteiger partial charge is 0.444 e. The lowest BCUT2D eigenvalue weighted by molar-refractivity contribution is 0.0265. The molecule has 1 fully saturated rings. The zero-order valence-electron chi connectivity index (χ0n) is 14.3. The van der Waals surface area contributed by atoms with E-state index >= 15 is 0 Å². The van der Waals surface area contributed by atoms with E-state index in [2.05, 4.69) is 24.4 Å². The van der Waals surface area contributed by atoms with Crippen molar-refractivity contribution < 1.29 is 9.53 Å². The van der Waals surface area contributed by atoms with Gasteiger partial charge in [-0.1, -0.05) is 42.5 Å². The van der Waals surface area contributed by atoms with Crippen molar-refractivity contribution in [3.63, 3.8) is 0 Å². The van der Waals surface area contributed by atoms with Crippen LogP contribution in [0.3, 0.4) is 0 Å². The van der Waals surface area contributed by atoms with E-state index in [-0.39, 0.29) is 18.2 Å². The first-order chi connectivity index (χ1) is 10.8. The Morgan fingerprint density at radius 3 is 2.61 bits per heavy atom. The third-order valence-corrected chi connectivity index (χ3v) is 4.23. The lowest BCUT2D eigenvalue weighted by Gasteiger charge is -2.30. The highest BCUT2D eigenvalue weighted by Crippen LogP contribution is 2.23. The molecule has 1 aromatic carbocycles. The van der Waals surface area contributed by atoms with Crippen molar-refractivity contribution in [3.05, 3.63) is 35.9 Å². The van der Waals surface area contributed by atoms with Gasteiger partial charge in [0, 0.05) is 12.6 Å². The van der Waals surface area contributed by atoms with Crippen LogP contribution >= 0.6 is 12.2 Å². The van der Waals surface area contributed by atoms with E-state index in [1.165, 1.54) is 5.56 Å². The zero-order valence-corrected chi connectivity index (χ0v) is 15.2. The molecule has 0 spiro atoms. The number of likely N-dealkylation sites (tertiary alicyclic amines) is 1. The Morgan fingerprint density at radius 1 is 1.35 bits per heavy atom. The molecular formula is C18H26N2O2S. The van der Waals surface area contributed by atoms with Crippen LogP contribution in [0.4, 0.5) is 4.79 Å². The minimum atomic E-state index is -0.489. The number of amides is 1. The Morgan fingerprint density at radius 2 is 2.00 bits per heavy atom. The fourth-order valence-electron chi connectivity index (χ4n) is 2.71. The highest BCUT2D eigenvalue weighted by atomic mass is 32.1. The average molecular weight is 334 g/mol. The first-order valence-electron chi connectivity index (χ1n) is 8.13. The highest BCUT2D eigenvalue weighted by Gasteiger charge is 2.34. The summed E-state index contributed by atoms with van der Waals surface area (Å²) in [6.07, 6.45) is 1.55. The van der Waals surface area contributed by atoms with Crippen LogP contribution in [0.2, 0.25) is 0 Å². The highest BCUT2D eigenvalue weighted by molar-refractivity contribution is 7.80. The molecule has 1 N–H and O–H groups in total. The molecule has 0 bridgehead atoms. The summed E-state index contributed by atoms with van der Waals surface area (Å²) in [6, 6.07) is 10.2. The third-order valence-electron chi connectivity index (χ3n) is 3.84. The van der Waals surface area contributed by atoms with Crippen LogP contribution in [0.1, 0.15) is 52.1 Å². The van der Waals surface area contributed by atoms with Gasteiger partial charge in [-0.3, -0.25) is 4.90 Å². The molecule has 1 amide bonds. The van der Waals surface area contributed by atoms with Gasteiger partial charge in [0.25, 0.3) is 0 Å². The molecule has 0 radical (unpaired) electrons. The second-order valence-corrected chi connectivity index (χ2v) is 7.41.